The number of nitrogens with zero attached hydrogens (tertiary/aromatic N) is 2. The van der Waals surface area contributed by atoms with E-state index < -0.39 is 10.0 Å². The van der Waals surface area contributed by atoms with E-state index >= 15 is 0 Å². The lowest BCUT2D eigenvalue weighted by molar-refractivity contribution is -0.119. The summed E-state index contributed by atoms with van der Waals surface area (Å²) < 4.78 is 27.2. The Kier molecular flexibility index (Phi) is 5.89. The Bertz CT molecular complexity index is 798. The second-order valence-corrected chi connectivity index (χ2v) is 8.50. The number of carbonyl (C=O) groups is 1. The molecule has 0 aliphatic heterocycles. The van der Waals surface area contributed by atoms with Gasteiger partial charge in [-0.1, -0.05) is 37.3 Å². The Hall–Kier alpha value is -2.00. The second kappa shape index (κ2) is 7.71. The van der Waals surface area contributed by atoms with E-state index in [1.165, 1.54) is 30.4 Å². The van der Waals surface area contributed by atoms with Crippen LogP contribution in [0, 0.1) is 5.92 Å². The van der Waals surface area contributed by atoms with E-state index in [2.05, 4.69) is 34.1 Å². The topological polar surface area (TPSA) is 101 Å². The van der Waals surface area contributed by atoms with E-state index in [9.17, 15) is 13.2 Å². The second-order valence-electron chi connectivity index (χ2n) is 5.76. The molecule has 1 heterocycles. The maximum atomic E-state index is 12.4. The van der Waals surface area contributed by atoms with Crippen LogP contribution in [0.2, 0.25) is 0 Å². The summed E-state index contributed by atoms with van der Waals surface area (Å²) in [7, 11) is -3.71. The van der Waals surface area contributed by atoms with Crippen molar-refractivity contribution in [2.75, 3.05) is 4.72 Å². The highest BCUT2D eigenvalue weighted by Crippen LogP contribution is 2.22. The van der Waals surface area contributed by atoms with Crippen molar-refractivity contribution < 1.29 is 13.2 Å². The number of aromatic nitrogens is 2. The molecule has 1 aromatic carbocycles. The number of anilines is 1. The lowest BCUT2D eigenvalue weighted by atomic mass is 10.1. The molecule has 2 N–H and O–H groups in total. The monoisotopic (exact) mass is 368 g/mol. The average Bonchev–Trinajstić information content (AvgIpc) is 2.91. The minimum absolute atomic E-state index is 0.134. The first kappa shape index (κ1) is 18.3. The third kappa shape index (κ3) is 5.27. The molecule has 130 valence electrons. The van der Waals surface area contributed by atoms with Crippen LogP contribution in [0.3, 0.4) is 0 Å². The summed E-state index contributed by atoms with van der Waals surface area (Å²) in [5.74, 6) is 0.292. The number of rotatable bonds is 7. The number of amides is 1. The average molecular weight is 368 g/mol. The molecule has 0 bridgehead atoms. The Morgan fingerprint density at radius 3 is 2.46 bits per heavy atom. The maximum absolute atomic E-state index is 12.4. The quantitative estimate of drug-likeness (QED) is 0.780. The third-order valence-electron chi connectivity index (χ3n) is 3.05. The van der Waals surface area contributed by atoms with Crippen LogP contribution in [0.25, 0.3) is 0 Å². The van der Waals surface area contributed by atoms with Crippen molar-refractivity contribution in [3.8, 4) is 0 Å². The summed E-state index contributed by atoms with van der Waals surface area (Å²) in [6.07, 6.45) is 0.761. The predicted molar refractivity (Wildman–Crippen MR) is 93.2 cm³/mol. The molecule has 1 aromatic heterocycles. The number of sulfonamides is 1. The molecule has 0 saturated heterocycles. The lowest BCUT2D eigenvalue weighted by Crippen LogP contribution is -2.19. The van der Waals surface area contributed by atoms with Crippen LogP contribution in [0.5, 0.6) is 0 Å². The SMILES string of the molecule is CC(=O)NCc1ccc(S(=O)(=O)Nc2nnc(CC(C)C)s2)cc1. The summed E-state index contributed by atoms with van der Waals surface area (Å²) in [5, 5.41) is 11.6. The molecule has 2 aromatic rings. The highest BCUT2D eigenvalue weighted by atomic mass is 32.2. The van der Waals surface area contributed by atoms with Gasteiger partial charge in [0, 0.05) is 19.9 Å². The Morgan fingerprint density at radius 2 is 1.88 bits per heavy atom. The molecule has 0 unspecified atom stereocenters. The fraction of sp³-hybridized carbons (Fsp3) is 0.400. The zero-order valence-electron chi connectivity index (χ0n) is 13.7. The maximum Gasteiger partial charge on any atom is 0.263 e. The van der Waals surface area contributed by atoms with Crippen LogP contribution in [-0.2, 0) is 27.8 Å². The smallest absolute Gasteiger partial charge is 0.263 e. The van der Waals surface area contributed by atoms with Crippen molar-refractivity contribution in [2.24, 2.45) is 5.92 Å². The molecular weight excluding hydrogens is 348 g/mol. The first-order valence-corrected chi connectivity index (χ1v) is 9.75. The van der Waals surface area contributed by atoms with Crippen LogP contribution in [0.15, 0.2) is 29.2 Å². The van der Waals surface area contributed by atoms with Crippen molar-refractivity contribution >= 4 is 32.4 Å². The van der Waals surface area contributed by atoms with Crippen molar-refractivity contribution in [1.82, 2.24) is 15.5 Å². The molecule has 2 rings (SSSR count). The number of nitrogens with one attached hydrogen (secondary N) is 2. The van der Waals surface area contributed by atoms with Crippen LogP contribution in [-0.4, -0.2) is 24.5 Å². The third-order valence-corrected chi connectivity index (χ3v) is 5.39. The van der Waals surface area contributed by atoms with Crippen molar-refractivity contribution in [3.05, 3.63) is 34.8 Å². The van der Waals surface area contributed by atoms with Crippen molar-refractivity contribution in [2.45, 2.75) is 38.6 Å². The summed E-state index contributed by atoms with van der Waals surface area (Å²) in [4.78, 5) is 11.0. The normalized spacial score (nSPS) is 11.5. The molecule has 9 heteroatoms. The van der Waals surface area contributed by atoms with Gasteiger partial charge in [-0.25, -0.2) is 8.42 Å². The highest BCUT2D eigenvalue weighted by Gasteiger charge is 2.17. The lowest BCUT2D eigenvalue weighted by Gasteiger charge is -2.06. The number of benzene rings is 1. The minimum Gasteiger partial charge on any atom is -0.352 e. The Balaban J connectivity index is 2.06. The number of hydrogen-bond acceptors (Lipinski definition) is 6. The first-order chi connectivity index (χ1) is 11.3. The highest BCUT2D eigenvalue weighted by molar-refractivity contribution is 7.93. The molecule has 0 spiro atoms. The van der Waals surface area contributed by atoms with Gasteiger partial charge in [-0.3, -0.25) is 9.52 Å². The number of carbonyl (C=O) groups excluding carboxylic acids is 1. The molecule has 0 aliphatic rings. The standard InChI is InChI=1S/C15H20N4O3S2/c1-10(2)8-14-17-18-15(23-14)19-24(21,22)13-6-4-12(5-7-13)9-16-11(3)20/h4-7,10H,8-9H2,1-3H3,(H,16,20)(H,18,19). The van der Waals surface area contributed by atoms with E-state index in [1.807, 2.05) is 0 Å². The van der Waals surface area contributed by atoms with Crippen LogP contribution in [0.4, 0.5) is 5.13 Å². The Labute approximate surface area is 145 Å². The van der Waals surface area contributed by atoms with E-state index in [-0.39, 0.29) is 15.9 Å². The summed E-state index contributed by atoms with van der Waals surface area (Å²) in [5.41, 5.74) is 0.819. The molecule has 0 fully saturated rings. The number of hydrogen-bond donors (Lipinski definition) is 2. The van der Waals surface area contributed by atoms with Gasteiger partial charge in [0.05, 0.1) is 4.90 Å². The summed E-state index contributed by atoms with van der Waals surface area (Å²) in [6.45, 7) is 5.91. The van der Waals surface area contributed by atoms with Gasteiger partial charge in [-0.2, -0.15) is 0 Å². The van der Waals surface area contributed by atoms with Gasteiger partial charge in [0.1, 0.15) is 5.01 Å². The Morgan fingerprint density at radius 1 is 1.21 bits per heavy atom. The van der Waals surface area contributed by atoms with Gasteiger partial charge in [0.15, 0.2) is 0 Å². The minimum atomic E-state index is -3.71. The zero-order chi connectivity index (χ0) is 17.7. The fourth-order valence-electron chi connectivity index (χ4n) is 1.91. The van der Waals surface area contributed by atoms with E-state index in [0.29, 0.717) is 12.5 Å². The van der Waals surface area contributed by atoms with Crippen LogP contribution in [0.1, 0.15) is 31.3 Å². The van der Waals surface area contributed by atoms with E-state index in [1.54, 1.807) is 12.1 Å². The molecule has 0 saturated carbocycles. The van der Waals surface area contributed by atoms with Crippen molar-refractivity contribution in [3.63, 3.8) is 0 Å². The fourth-order valence-corrected chi connectivity index (χ4v) is 4.10. The van der Waals surface area contributed by atoms with Gasteiger partial charge in [-0.05, 0) is 23.6 Å². The van der Waals surface area contributed by atoms with Gasteiger partial charge in [0.2, 0.25) is 11.0 Å². The summed E-state index contributed by atoms with van der Waals surface area (Å²) >= 11 is 1.24. The van der Waals surface area contributed by atoms with E-state index in [0.717, 1.165) is 17.0 Å². The molecule has 24 heavy (non-hydrogen) atoms. The van der Waals surface area contributed by atoms with Gasteiger partial charge in [-0.15, -0.1) is 10.2 Å². The molecule has 0 atom stereocenters. The molecular formula is C15H20N4O3S2. The van der Waals surface area contributed by atoms with Gasteiger partial charge < -0.3 is 5.32 Å². The zero-order valence-corrected chi connectivity index (χ0v) is 15.4. The van der Waals surface area contributed by atoms with E-state index in [4.69, 9.17) is 0 Å². The largest absolute Gasteiger partial charge is 0.352 e. The van der Waals surface area contributed by atoms with Gasteiger partial charge >= 0.3 is 0 Å². The molecule has 7 nitrogen and oxygen atoms in total. The van der Waals surface area contributed by atoms with Crippen LogP contribution < -0.4 is 10.0 Å². The first-order valence-electron chi connectivity index (χ1n) is 7.45. The van der Waals surface area contributed by atoms with Gasteiger partial charge in [0.25, 0.3) is 10.0 Å². The molecule has 0 aliphatic carbocycles. The van der Waals surface area contributed by atoms with Crippen LogP contribution >= 0.6 is 11.3 Å². The predicted octanol–water partition coefficient (Wildman–Crippen LogP) is 2.17. The molecule has 0 radical (unpaired) electrons. The van der Waals surface area contributed by atoms with Crippen molar-refractivity contribution in [1.29, 1.82) is 0 Å². The summed E-state index contributed by atoms with van der Waals surface area (Å²) in [6, 6.07) is 6.31. The molecule has 1 amide bonds.